The standard InChI is InChI=1S/C23H28N4S/c1-17(13-19-5-4-10-24-15-19)25-21-8-11-27(12-9-21)22-7-3-6-20(14-22)23-16-28-18(2)26-23/h3-7,10,14-17,21,25H,8-9,11-13H2,1-2H3/t17-/m0/s1. The normalized spacial score (nSPS) is 16.3. The second-order valence-electron chi connectivity index (χ2n) is 7.70. The fourth-order valence-corrected chi connectivity index (χ4v) is 4.62. The summed E-state index contributed by atoms with van der Waals surface area (Å²) < 4.78 is 0. The summed E-state index contributed by atoms with van der Waals surface area (Å²) in [6.07, 6.45) is 7.19. The number of rotatable bonds is 6. The van der Waals surface area contributed by atoms with E-state index >= 15 is 0 Å². The van der Waals surface area contributed by atoms with E-state index in [1.807, 2.05) is 18.5 Å². The Bertz CT molecular complexity index is 884. The lowest BCUT2D eigenvalue weighted by Crippen LogP contribution is -2.46. The molecule has 28 heavy (non-hydrogen) atoms. The summed E-state index contributed by atoms with van der Waals surface area (Å²) in [5.74, 6) is 0. The molecule has 146 valence electrons. The van der Waals surface area contributed by atoms with Crippen molar-refractivity contribution < 1.29 is 0 Å². The van der Waals surface area contributed by atoms with Gasteiger partial charge in [0.25, 0.3) is 0 Å². The largest absolute Gasteiger partial charge is 0.371 e. The molecule has 0 bridgehead atoms. The lowest BCUT2D eigenvalue weighted by molar-refractivity contribution is 0.375. The maximum absolute atomic E-state index is 4.63. The van der Waals surface area contributed by atoms with Crippen molar-refractivity contribution in [2.24, 2.45) is 0 Å². The van der Waals surface area contributed by atoms with Crippen LogP contribution in [-0.4, -0.2) is 35.1 Å². The first kappa shape index (κ1) is 19.1. The van der Waals surface area contributed by atoms with Crippen molar-refractivity contribution in [3.63, 3.8) is 0 Å². The lowest BCUT2D eigenvalue weighted by Gasteiger charge is -2.35. The average Bonchev–Trinajstić information content (AvgIpc) is 3.16. The SMILES string of the molecule is Cc1nc(-c2cccc(N3CCC(N[C@@H](C)Cc4cccnc4)CC3)c2)cs1. The van der Waals surface area contributed by atoms with E-state index in [2.05, 4.69) is 69.7 Å². The minimum atomic E-state index is 0.469. The molecule has 4 rings (SSSR count). The van der Waals surface area contributed by atoms with Gasteiger partial charge >= 0.3 is 0 Å². The summed E-state index contributed by atoms with van der Waals surface area (Å²) in [6, 6.07) is 14.1. The van der Waals surface area contributed by atoms with E-state index in [1.54, 1.807) is 11.3 Å². The van der Waals surface area contributed by atoms with Crippen LogP contribution in [0.2, 0.25) is 0 Å². The predicted molar refractivity (Wildman–Crippen MR) is 118 cm³/mol. The molecule has 2 aromatic heterocycles. The van der Waals surface area contributed by atoms with Gasteiger partial charge in [-0.3, -0.25) is 4.98 Å². The molecule has 0 amide bonds. The Morgan fingerprint density at radius 1 is 1.21 bits per heavy atom. The molecule has 0 saturated carbocycles. The topological polar surface area (TPSA) is 41.1 Å². The highest BCUT2D eigenvalue weighted by Gasteiger charge is 2.21. The first-order valence-electron chi connectivity index (χ1n) is 10.1. The number of aryl methyl sites for hydroxylation is 1. The van der Waals surface area contributed by atoms with Gasteiger partial charge in [0.1, 0.15) is 0 Å². The maximum Gasteiger partial charge on any atom is 0.0901 e. The van der Waals surface area contributed by atoms with Gasteiger partial charge in [-0.1, -0.05) is 18.2 Å². The number of piperidine rings is 1. The molecular formula is C23H28N4S. The number of anilines is 1. The van der Waals surface area contributed by atoms with Gasteiger partial charge in [-0.25, -0.2) is 4.98 Å². The molecule has 1 fully saturated rings. The van der Waals surface area contributed by atoms with E-state index in [0.717, 1.165) is 30.2 Å². The van der Waals surface area contributed by atoms with Gasteiger partial charge in [0.2, 0.25) is 0 Å². The molecule has 0 aliphatic carbocycles. The number of hydrogen-bond donors (Lipinski definition) is 1. The zero-order valence-corrected chi connectivity index (χ0v) is 17.5. The van der Waals surface area contributed by atoms with Crippen LogP contribution in [0.1, 0.15) is 30.3 Å². The Labute approximate surface area is 171 Å². The number of thiazole rings is 1. The molecule has 1 atom stereocenters. The highest BCUT2D eigenvalue weighted by molar-refractivity contribution is 7.09. The first-order valence-corrected chi connectivity index (χ1v) is 11.0. The zero-order chi connectivity index (χ0) is 19.3. The number of pyridine rings is 1. The predicted octanol–water partition coefficient (Wildman–Crippen LogP) is 4.70. The number of aromatic nitrogens is 2. The van der Waals surface area contributed by atoms with Crippen LogP contribution in [0.5, 0.6) is 0 Å². The van der Waals surface area contributed by atoms with Gasteiger partial charge in [-0.2, -0.15) is 0 Å². The number of nitrogens with one attached hydrogen (secondary N) is 1. The van der Waals surface area contributed by atoms with E-state index < -0.39 is 0 Å². The van der Waals surface area contributed by atoms with E-state index in [0.29, 0.717) is 12.1 Å². The van der Waals surface area contributed by atoms with Crippen molar-refractivity contribution in [2.75, 3.05) is 18.0 Å². The molecule has 3 heterocycles. The summed E-state index contributed by atoms with van der Waals surface area (Å²) in [5, 5.41) is 7.08. The van der Waals surface area contributed by atoms with Crippen LogP contribution >= 0.6 is 11.3 Å². The van der Waals surface area contributed by atoms with Crippen molar-refractivity contribution in [2.45, 2.75) is 45.2 Å². The Kier molecular flexibility index (Phi) is 6.03. The van der Waals surface area contributed by atoms with Gasteiger partial charge in [-0.05, 0) is 56.9 Å². The van der Waals surface area contributed by atoms with Crippen molar-refractivity contribution in [1.82, 2.24) is 15.3 Å². The molecule has 0 radical (unpaired) electrons. The molecule has 0 unspecified atom stereocenters. The van der Waals surface area contributed by atoms with E-state index in [4.69, 9.17) is 0 Å². The molecular weight excluding hydrogens is 364 g/mol. The third-order valence-corrected chi connectivity index (χ3v) is 6.18. The molecule has 1 N–H and O–H groups in total. The third-order valence-electron chi connectivity index (χ3n) is 5.41. The summed E-state index contributed by atoms with van der Waals surface area (Å²) in [7, 11) is 0. The van der Waals surface area contributed by atoms with Crippen molar-refractivity contribution in [3.8, 4) is 11.3 Å². The quantitative estimate of drug-likeness (QED) is 0.660. The van der Waals surface area contributed by atoms with Gasteiger partial charge in [0, 0.05) is 54.2 Å². The first-order chi connectivity index (χ1) is 13.7. The zero-order valence-electron chi connectivity index (χ0n) is 16.6. The molecule has 1 aliphatic rings. The van der Waals surface area contributed by atoms with Gasteiger partial charge < -0.3 is 10.2 Å². The number of nitrogens with zero attached hydrogens (tertiary/aromatic N) is 3. The fraction of sp³-hybridized carbons (Fsp3) is 0.391. The van der Waals surface area contributed by atoms with E-state index in [9.17, 15) is 0 Å². The van der Waals surface area contributed by atoms with Crippen LogP contribution in [0.4, 0.5) is 5.69 Å². The Morgan fingerprint density at radius 2 is 2.07 bits per heavy atom. The molecule has 1 saturated heterocycles. The van der Waals surface area contributed by atoms with Crippen molar-refractivity contribution in [1.29, 1.82) is 0 Å². The molecule has 4 nitrogen and oxygen atoms in total. The second kappa shape index (κ2) is 8.84. The highest BCUT2D eigenvalue weighted by Crippen LogP contribution is 2.27. The highest BCUT2D eigenvalue weighted by atomic mass is 32.1. The summed E-state index contributed by atoms with van der Waals surface area (Å²) in [4.78, 5) is 11.4. The minimum absolute atomic E-state index is 0.469. The lowest BCUT2D eigenvalue weighted by atomic mass is 10.0. The second-order valence-corrected chi connectivity index (χ2v) is 8.76. The molecule has 0 spiro atoms. The number of benzene rings is 1. The van der Waals surface area contributed by atoms with Crippen LogP contribution in [0.25, 0.3) is 11.3 Å². The Balaban J connectivity index is 1.32. The average molecular weight is 393 g/mol. The van der Waals surface area contributed by atoms with E-state index in [-0.39, 0.29) is 0 Å². The molecule has 1 aromatic carbocycles. The van der Waals surface area contributed by atoms with Gasteiger partial charge in [0.15, 0.2) is 0 Å². The molecule has 3 aromatic rings. The third kappa shape index (κ3) is 4.78. The summed E-state index contributed by atoms with van der Waals surface area (Å²) in [5.41, 5.74) is 4.91. The van der Waals surface area contributed by atoms with Crippen LogP contribution in [0.3, 0.4) is 0 Å². The smallest absolute Gasteiger partial charge is 0.0901 e. The summed E-state index contributed by atoms with van der Waals surface area (Å²) >= 11 is 1.71. The van der Waals surface area contributed by atoms with Gasteiger partial charge in [-0.15, -0.1) is 11.3 Å². The summed E-state index contributed by atoms with van der Waals surface area (Å²) in [6.45, 7) is 6.53. The van der Waals surface area contributed by atoms with Crippen molar-refractivity contribution in [3.05, 3.63) is 64.7 Å². The monoisotopic (exact) mass is 392 g/mol. The van der Waals surface area contributed by atoms with Crippen LogP contribution in [0.15, 0.2) is 54.2 Å². The van der Waals surface area contributed by atoms with Crippen LogP contribution in [0, 0.1) is 6.92 Å². The molecule has 5 heteroatoms. The maximum atomic E-state index is 4.63. The number of hydrogen-bond acceptors (Lipinski definition) is 5. The minimum Gasteiger partial charge on any atom is -0.371 e. The Morgan fingerprint density at radius 3 is 2.79 bits per heavy atom. The Hall–Kier alpha value is -2.24. The molecule has 1 aliphatic heterocycles. The van der Waals surface area contributed by atoms with Crippen molar-refractivity contribution >= 4 is 17.0 Å². The van der Waals surface area contributed by atoms with Gasteiger partial charge in [0.05, 0.1) is 10.7 Å². The van der Waals surface area contributed by atoms with Crippen LogP contribution < -0.4 is 10.2 Å². The fourth-order valence-electron chi connectivity index (χ4n) is 4.00. The van der Waals surface area contributed by atoms with E-state index in [1.165, 1.54) is 29.7 Å². The van der Waals surface area contributed by atoms with Crippen LogP contribution in [-0.2, 0) is 6.42 Å².